The Kier molecular flexibility index (Phi) is 6.85. The number of amides is 1. The molecule has 0 bridgehead atoms. The highest BCUT2D eigenvalue weighted by atomic mass is 35.5. The van der Waals surface area contributed by atoms with Crippen molar-refractivity contribution in [1.29, 1.82) is 0 Å². The van der Waals surface area contributed by atoms with Crippen LogP contribution in [0.25, 0.3) is 16.7 Å². The number of allylic oxidation sites excluding steroid dienone is 1. The first-order chi connectivity index (χ1) is 12.3. The Bertz CT molecular complexity index is 875. The van der Waals surface area contributed by atoms with Gasteiger partial charge in [-0.2, -0.15) is 0 Å². The van der Waals surface area contributed by atoms with E-state index in [1.165, 1.54) is 12.1 Å². The van der Waals surface area contributed by atoms with Crippen LogP contribution in [0.15, 0.2) is 35.9 Å². The monoisotopic (exact) mass is 393 g/mol. The highest BCUT2D eigenvalue weighted by Crippen LogP contribution is 2.36. The number of halogens is 3. The summed E-state index contributed by atoms with van der Waals surface area (Å²) < 4.78 is 14.3. The lowest BCUT2D eigenvalue weighted by molar-refractivity contribution is -0.117. The van der Waals surface area contributed by atoms with Gasteiger partial charge < -0.3 is 5.32 Å². The summed E-state index contributed by atoms with van der Waals surface area (Å²) in [5.74, 6) is -0.521. The lowest BCUT2D eigenvalue weighted by atomic mass is 9.91. The molecule has 2 rings (SSSR count). The molecule has 1 N–H and O–H groups in total. The Morgan fingerprint density at radius 3 is 2.42 bits per heavy atom. The SMILES string of the molecule is CCCNC(=O)/C(C)=C(\C)c1cc(F)cc(-c2ccc(Cl)cc2Cl)c1C. The number of carbonyl (C=O) groups is 1. The summed E-state index contributed by atoms with van der Waals surface area (Å²) in [7, 11) is 0. The number of carbonyl (C=O) groups excluding carboxylic acids is 1. The second kappa shape index (κ2) is 8.70. The molecule has 138 valence electrons. The van der Waals surface area contributed by atoms with E-state index in [4.69, 9.17) is 23.2 Å². The minimum atomic E-state index is -0.382. The van der Waals surface area contributed by atoms with E-state index < -0.39 is 0 Å². The van der Waals surface area contributed by atoms with Crippen molar-refractivity contribution in [3.8, 4) is 11.1 Å². The van der Waals surface area contributed by atoms with E-state index in [2.05, 4.69) is 5.32 Å². The molecular weight excluding hydrogens is 372 g/mol. The van der Waals surface area contributed by atoms with Crippen molar-refractivity contribution in [3.63, 3.8) is 0 Å². The lowest BCUT2D eigenvalue weighted by Crippen LogP contribution is -2.25. The van der Waals surface area contributed by atoms with E-state index >= 15 is 0 Å². The molecule has 0 radical (unpaired) electrons. The van der Waals surface area contributed by atoms with E-state index in [1.807, 2.05) is 20.8 Å². The molecule has 26 heavy (non-hydrogen) atoms. The fourth-order valence-electron chi connectivity index (χ4n) is 2.80. The van der Waals surface area contributed by atoms with Crippen molar-refractivity contribution in [1.82, 2.24) is 5.32 Å². The van der Waals surface area contributed by atoms with Gasteiger partial charge in [-0.1, -0.05) is 36.2 Å². The molecule has 0 fully saturated rings. The van der Waals surface area contributed by atoms with Gasteiger partial charge >= 0.3 is 0 Å². The van der Waals surface area contributed by atoms with Crippen molar-refractivity contribution in [2.75, 3.05) is 6.54 Å². The van der Waals surface area contributed by atoms with Crippen LogP contribution < -0.4 is 5.32 Å². The molecule has 0 aliphatic heterocycles. The van der Waals surface area contributed by atoms with Crippen LogP contribution >= 0.6 is 23.2 Å². The number of rotatable bonds is 5. The Morgan fingerprint density at radius 2 is 1.81 bits per heavy atom. The van der Waals surface area contributed by atoms with Gasteiger partial charge in [-0.15, -0.1) is 0 Å². The van der Waals surface area contributed by atoms with Crippen LogP contribution in [0, 0.1) is 12.7 Å². The Morgan fingerprint density at radius 1 is 1.12 bits per heavy atom. The Balaban J connectivity index is 2.58. The standard InChI is InChI=1S/C21H22Cl2FNO/c1-5-8-25-21(26)13(3)12(2)18-10-16(24)11-19(14(18)4)17-7-6-15(22)9-20(17)23/h6-7,9-11H,5,8H2,1-4H3,(H,25,26)/b13-12+. The minimum absolute atomic E-state index is 0.140. The number of hydrogen-bond donors (Lipinski definition) is 1. The van der Waals surface area contributed by atoms with Gasteiger partial charge in [0.05, 0.1) is 0 Å². The minimum Gasteiger partial charge on any atom is -0.352 e. The molecular formula is C21H22Cl2FNO. The second-order valence-corrected chi connectivity index (χ2v) is 7.10. The Hall–Kier alpha value is -1.84. The van der Waals surface area contributed by atoms with Crippen LogP contribution in [0.5, 0.6) is 0 Å². The summed E-state index contributed by atoms with van der Waals surface area (Å²) in [6.45, 7) is 8.08. The smallest absolute Gasteiger partial charge is 0.247 e. The van der Waals surface area contributed by atoms with Gasteiger partial charge in [-0.3, -0.25) is 4.79 Å². The zero-order valence-corrected chi connectivity index (χ0v) is 16.9. The summed E-state index contributed by atoms with van der Waals surface area (Å²) in [4.78, 5) is 12.3. The average Bonchev–Trinajstić information content (AvgIpc) is 2.60. The van der Waals surface area contributed by atoms with Crippen molar-refractivity contribution in [2.45, 2.75) is 34.1 Å². The van der Waals surface area contributed by atoms with Gasteiger partial charge in [-0.25, -0.2) is 4.39 Å². The van der Waals surface area contributed by atoms with Gasteiger partial charge in [0.1, 0.15) is 5.82 Å². The molecule has 0 unspecified atom stereocenters. The molecule has 0 aliphatic carbocycles. The number of benzene rings is 2. The summed E-state index contributed by atoms with van der Waals surface area (Å²) in [6.07, 6.45) is 0.857. The fraction of sp³-hybridized carbons (Fsp3) is 0.286. The zero-order chi connectivity index (χ0) is 19.4. The molecule has 0 saturated carbocycles. The summed E-state index contributed by atoms with van der Waals surface area (Å²) in [5.41, 5.74) is 4.24. The van der Waals surface area contributed by atoms with Crippen molar-refractivity contribution < 1.29 is 9.18 Å². The van der Waals surface area contributed by atoms with E-state index in [1.54, 1.807) is 25.1 Å². The fourth-order valence-corrected chi connectivity index (χ4v) is 3.31. The maximum atomic E-state index is 14.3. The molecule has 0 aliphatic rings. The topological polar surface area (TPSA) is 29.1 Å². The maximum absolute atomic E-state index is 14.3. The molecule has 1 amide bonds. The van der Waals surface area contributed by atoms with E-state index in [0.29, 0.717) is 38.9 Å². The van der Waals surface area contributed by atoms with Gasteiger partial charge in [-0.05, 0) is 73.7 Å². The van der Waals surface area contributed by atoms with E-state index in [0.717, 1.165) is 17.6 Å². The van der Waals surface area contributed by atoms with Crippen LogP contribution in [0.3, 0.4) is 0 Å². The van der Waals surface area contributed by atoms with Crippen LogP contribution in [-0.4, -0.2) is 12.5 Å². The largest absolute Gasteiger partial charge is 0.352 e. The molecule has 2 nitrogen and oxygen atoms in total. The predicted molar refractivity (Wildman–Crippen MR) is 108 cm³/mol. The van der Waals surface area contributed by atoms with Crippen LogP contribution in [0.1, 0.15) is 38.3 Å². The summed E-state index contributed by atoms with van der Waals surface area (Å²) >= 11 is 12.3. The molecule has 0 saturated heterocycles. The second-order valence-electron chi connectivity index (χ2n) is 6.26. The van der Waals surface area contributed by atoms with Crippen molar-refractivity contribution in [2.24, 2.45) is 0 Å². The molecule has 2 aromatic rings. The Labute approximate surface area is 164 Å². The van der Waals surface area contributed by atoms with Gasteiger partial charge in [0.2, 0.25) is 5.91 Å². The molecule has 2 aromatic carbocycles. The average molecular weight is 394 g/mol. The van der Waals surface area contributed by atoms with Gasteiger partial charge in [0.25, 0.3) is 0 Å². The third-order valence-electron chi connectivity index (χ3n) is 4.44. The highest BCUT2D eigenvalue weighted by molar-refractivity contribution is 6.36. The highest BCUT2D eigenvalue weighted by Gasteiger charge is 2.16. The van der Waals surface area contributed by atoms with Crippen molar-refractivity contribution >= 4 is 34.7 Å². The van der Waals surface area contributed by atoms with Crippen LogP contribution in [0.4, 0.5) is 4.39 Å². The maximum Gasteiger partial charge on any atom is 0.247 e. The molecule has 0 heterocycles. The van der Waals surface area contributed by atoms with Crippen LogP contribution in [0.2, 0.25) is 10.0 Å². The first-order valence-corrected chi connectivity index (χ1v) is 9.23. The number of hydrogen-bond acceptors (Lipinski definition) is 1. The third-order valence-corrected chi connectivity index (χ3v) is 4.98. The first kappa shape index (κ1) is 20.5. The normalized spacial score (nSPS) is 12.0. The van der Waals surface area contributed by atoms with Gasteiger partial charge in [0, 0.05) is 27.7 Å². The third kappa shape index (κ3) is 4.46. The van der Waals surface area contributed by atoms with Gasteiger partial charge in [0.15, 0.2) is 0 Å². The predicted octanol–water partition coefficient (Wildman–Crippen LogP) is 6.43. The van der Waals surface area contributed by atoms with Crippen molar-refractivity contribution in [3.05, 3.63) is 62.9 Å². The van der Waals surface area contributed by atoms with E-state index in [9.17, 15) is 9.18 Å². The number of nitrogens with one attached hydrogen (secondary N) is 1. The lowest BCUT2D eigenvalue weighted by Gasteiger charge is -2.16. The first-order valence-electron chi connectivity index (χ1n) is 8.47. The van der Waals surface area contributed by atoms with Crippen LogP contribution in [-0.2, 0) is 4.79 Å². The molecule has 5 heteroatoms. The van der Waals surface area contributed by atoms with E-state index in [-0.39, 0.29) is 11.7 Å². The molecule has 0 aromatic heterocycles. The summed E-state index contributed by atoms with van der Waals surface area (Å²) in [6, 6.07) is 8.03. The quantitative estimate of drug-likeness (QED) is 0.582. The summed E-state index contributed by atoms with van der Waals surface area (Å²) in [5, 5.41) is 3.83. The molecule has 0 spiro atoms. The zero-order valence-electron chi connectivity index (χ0n) is 15.3. The molecule has 0 atom stereocenters.